The Balaban J connectivity index is 1.66. The van der Waals surface area contributed by atoms with Gasteiger partial charge in [0.05, 0.1) is 6.10 Å². The summed E-state index contributed by atoms with van der Waals surface area (Å²) in [4.78, 5) is 16.0. The zero-order chi connectivity index (χ0) is 15.4. The molecule has 0 aliphatic heterocycles. The van der Waals surface area contributed by atoms with E-state index in [4.69, 9.17) is 0 Å². The largest absolute Gasteiger partial charge is 0.391 e. The van der Waals surface area contributed by atoms with Crippen molar-refractivity contribution in [3.8, 4) is 0 Å². The summed E-state index contributed by atoms with van der Waals surface area (Å²) >= 11 is 0. The van der Waals surface area contributed by atoms with Crippen LogP contribution in [0.25, 0.3) is 0 Å². The number of aliphatic hydroxyl groups is 1. The molecule has 0 spiro atoms. The van der Waals surface area contributed by atoms with Gasteiger partial charge in [-0.2, -0.15) is 0 Å². The zero-order valence-electron chi connectivity index (χ0n) is 13.7. The number of nitrogens with zero attached hydrogens (tertiary/aromatic N) is 2. The van der Waals surface area contributed by atoms with Gasteiger partial charge in [-0.1, -0.05) is 0 Å². The fourth-order valence-electron chi connectivity index (χ4n) is 3.28. The molecule has 0 saturated heterocycles. The van der Waals surface area contributed by atoms with Crippen molar-refractivity contribution < 1.29 is 9.90 Å². The van der Waals surface area contributed by atoms with E-state index in [1.807, 2.05) is 0 Å². The van der Waals surface area contributed by atoms with Crippen LogP contribution in [0.5, 0.6) is 0 Å². The highest BCUT2D eigenvalue weighted by Crippen LogP contribution is 2.32. The molecule has 2 amide bonds. The number of urea groups is 1. The Kier molecular flexibility index (Phi) is 5.88. The van der Waals surface area contributed by atoms with E-state index < -0.39 is 0 Å². The maximum atomic E-state index is 12.1. The minimum Gasteiger partial charge on any atom is -0.391 e. The van der Waals surface area contributed by atoms with E-state index in [9.17, 15) is 9.90 Å². The quantitative estimate of drug-likeness (QED) is 0.781. The van der Waals surface area contributed by atoms with Gasteiger partial charge in [-0.05, 0) is 64.5 Å². The lowest BCUT2D eigenvalue weighted by Gasteiger charge is -2.32. The SMILES string of the molecule is CN(C)CC1CCC(NC(=O)N(C)CC(O)C2CC2)CC1. The molecule has 5 nitrogen and oxygen atoms in total. The highest BCUT2D eigenvalue weighted by atomic mass is 16.3. The van der Waals surface area contributed by atoms with Crippen molar-refractivity contribution in [1.29, 1.82) is 0 Å². The van der Waals surface area contributed by atoms with Crippen molar-refractivity contribution in [3.63, 3.8) is 0 Å². The normalized spacial score (nSPS) is 27.5. The molecule has 1 unspecified atom stereocenters. The van der Waals surface area contributed by atoms with Crippen LogP contribution in [-0.2, 0) is 0 Å². The molecular weight excluding hydrogens is 266 g/mol. The fourth-order valence-corrected chi connectivity index (χ4v) is 3.28. The third kappa shape index (κ3) is 5.47. The van der Waals surface area contributed by atoms with E-state index in [0.29, 0.717) is 18.5 Å². The maximum absolute atomic E-state index is 12.1. The average Bonchev–Trinajstić information content (AvgIpc) is 3.24. The third-order valence-corrected chi connectivity index (χ3v) is 4.77. The summed E-state index contributed by atoms with van der Waals surface area (Å²) in [6.45, 7) is 1.60. The first-order valence-electron chi connectivity index (χ1n) is 8.30. The lowest BCUT2D eigenvalue weighted by molar-refractivity contribution is 0.111. The van der Waals surface area contributed by atoms with E-state index in [1.165, 1.54) is 12.8 Å². The smallest absolute Gasteiger partial charge is 0.317 e. The highest BCUT2D eigenvalue weighted by molar-refractivity contribution is 5.74. The van der Waals surface area contributed by atoms with E-state index >= 15 is 0 Å². The molecule has 2 aliphatic carbocycles. The van der Waals surface area contributed by atoms with Gasteiger partial charge in [-0.25, -0.2) is 4.79 Å². The number of likely N-dealkylation sites (N-methyl/N-ethyl adjacent to an activating group) is 1. The van der Waals surface area contributed by atoms with Gasteiger partial charge in [-0.3, -0.25) is 0 Å². The molecule has 2 fully saturated rings. The van der Waals surface area contributed by atoms with Gasteiger partial charge in [0.25, 0.3) is 0 Å². The molecule has 122 valence electrons. The molecule has 2 rings (SSSR count). The topological polar surface area (TPSA) is 55.8 Å². The van der Waals surface area contributed by atoms with Crippen LogP contribution >= 0.6 is 0 Å². The second-order valence-electron chi connectivity index (χ2n) is 7.21. The Morgan fingerprint density at radius 1 is 1.14 bits per heavy atom. The predicted molar refractivity (Wildman–Crippen MR) is 84.2 cm³/mol. The predicted octanol–water partition coefficient (Wildman–Crippen LogP) is 1.52. The van der Waals surface area contributed by atoms with Crippen molar-refractivity contribution in [1.82, 2.24) is 15.1 Å². The summed E-state index contributed by atoms with van der Waals surface area (Å²) in [6.07, 6.45) is 6.39. The Morgan fingerprint density at radius 3 is 2.29 bits per heavy atom. The van der Waals surface area contributed by atoms with Crippen molar-refractivity contribution in [2.24, 2.45) is 11.8 Å². The minimum atomic E-state index is -0.350. The van der Waals surface area contributed by atoms with Gasteiger partial charge >= 0.3 is 6.03 Å². The minimum absolute atomic E-state index is 0.0363. The van der Waals surface area contributed by atoms with Gasteiger partial charge in [0.15, 0.2) is 0 Å². The summed E-state index contributed by atoms with van der Waals surface area (Å²) in [6, 6.07) is 0.266. The highest BCUT2D eigenvalue weighted by Gasteiger charge is 2.31. The van der Waals surface area contributed by atoms with Crippen LogP contribution in [0.4, 0.5) is 4.79 Å². The second-order valence-corrected chi connectivity index (χ2v) is 7.21. The molecule has 0 aromatic heterocycles. The van der Waals surface area contributed by atoms with Crippen LogP contribution in [0.3, 0.4) is 0 Å². The Hall–Kier alpha value is -0.810. The van der Waals surface area contributed by atoms with Crippen molar-refractivity contribution >= 4 is 6.03 Å². The summed E-state index contributed by atoms with van der Waals surface area (Å²) in [5, 5.41) is 13.0. The van der Waals surface area contributed by atoms with Crippen molar-refractivity contribution in [2.45, 2.75) is 50.7 Å². The number of hydrogen-bond donors (Lipinski definition) is 2. The number of carbonyl (C=O) groups excluding carboxylic acids is 1. The van der Waals surface area contributed by atoms with Gasteiger partial charge in [0.2, 0.25) is 0 Å². The number of hydrogen-bond acceptors (Lipinski definition) is 3. The van der Waals surface area contributed by atoms with Crippen LogP contribution in [-0.4, -0.2) is 67.3 Å². The number of carbonyl (C=O) groups is 1. The molecular formula is C16H31N3O2. The molecule has 2 N–H and O–H groups in total. The molecule has 0 bridgehead atoms. The van der Waals surface area contributed by atoms with E-state index in [0.717, 1.165) is 38.1 Å². The van der Waals surface area contributed by atoms with Crippen LogP contribution in [0, 0.1) is 11.8 Å². The molecule has 2 aliphatic rings. The standard InChI is InChI=1S/C16H31N3O2/c1-18(2)10-12-4-8-14(9-5-12)17-16(21)19(3)11-15(20)13-6-7-13/h12-15,20H,4-11H2,1-3H3,(H,17,21). The van der Waals surface area contributed by atoms with Gasteiger partial charge < -0.3 is 20.2 Å². The van der Waals surface area contributed by atoms with Crippen LogP contribution < -0.4 is 5.32 Å². The lowest BCUT2D eigenvalue weighted by atomic mass is 9.86. The average molecular weight is 297 g/mol. The molecule has 5 heteroatoms. The van der Waals surface area contributed by atoms with E-state index in [1.54, 1.807) is 11.9 Å². The summed E-state index contributed by atoms with van der Waals surface area (Å²) in [7, 11) is 6.01. The van der Waals surface area contributed by atoms with Crippen LogP contribution in [0.15, 0.2) is 0 Å². The summed E-state index contributed by atoms with van der Waals surface area (Å²) < 4.78 is 0. The maximum Gasteiger partial charge on any atom is 0.317 e. The zero-order valence-corrected chi connectivity index (χ0v) is 13.7. The first-order chi connectivity index (χ1) is 9.95. The van der Waals surface area contributed by atoms with Crippen LogP contribution in [0.1, 0.15) is 38.5 Å². The number of nitrogens with one attached hydrogen (secondary N) is 1. The number of amides is 2. The molecule has 0 aromatic rings. The lowest BCUT2D eigenvalue weighted by Crippen LogP contribution is -2.47. The molecule has 0 radical (unpaired) electrons. The summed E-state index contributed by atoms with van der Waals surface area (Å²) in [5.41, 5.74) is 0. The number of aliphatic hydroxyl groups excluding tert-OH is 1. The van der Waals surface area contributed by atoms with Crippen LogP contribution in [0.2, 0.25) is 0 Å². The monoisotopic (exact) mass is 297 g/mol. The molecule has 0 heterocycles. The summed E-state index contributed by atoms with van der Waals surface area (Å²) in [5.74, 6) is 1.18. The third-order valence-electron chi connectivity index (χ3n) is 4.77. The Morgan fingerprint density at radius 2 is 1.76 bits per heavy atom. The van der Waals surface area contributed by atoms with E-state index in [-0.39, 0.29) is 12.1 Å². The fraction of sp³-hybridized carbons (Fsp3) is 0.938. The molecule has 21 heavy (non-hydrogen) atoms. The Bertz CT molecular complexity index is 336. The second kappa shape index (κ2) is 7.45. The molecule has 2 saturated carbocycles. The van der Waals surface area contributed by atoms with Gasteiger partial charge in [0, 0.05) is 26.2 Å². The van der Waals surface area contributed by atoms with E-state index in [2.05, 4.69) is 24.3 Å². The number of rotatable bonds is 6. The first-order valence-corrected chi connectivity index (χ1v) is 8.30. The molecule has 0 aromatic carbocycles. The Labute approximate surface area is 128 Å². The van der Waals surface area contributed by atoms with Gasteiger partial charge in [0.1, 0.15) is 0 Å². The molecule has 1 atom stereocenters. The first kappa shape index (κ1) is 16.6. The van der Waals surface area contributed by atoms with Gasteiger partial charge in [-0.15, -0.1) is 0 Å². The van der Waals surface area contributed by atoms with Crippen molar-refractivity contribution in [3.05, 3.63) is 0 Å². The van der Waals surface area contributed by atoms with Crippen molar-refractivity contribution in [2.75, 3.05) is 34.2 Å².